The maximum absolute atomic E-state index is 12.6. The van der Waals surface area contributed by atoms with Crippen LogP contribution in [0, 0.1) is 0 Å². The van der Waals surface area contributed by atoms with E-state index in [-0.39, 0.29) is 19.2 Å². The highest BCUT2D eigenvalue weighted by molar-refractivity contribution is 6.01. The smallest absolute Gasteiger partial charge is 0.322 e. The van der Waals surface area contributed by atoms with E-state index in [4.69, 9.17) is 0 Å². The lowest BCUT2D eigenvalue weighted by Gasteiger charge is -2.22. The third-order valence-corrected chi connectivity index (χ3v) is 3.68. The Labute approximate surface area is 139 Å². The van der Waals surface area contributed by atoms with Crippen LogP contribution in [0.2, 0.25) is 0 Å². The van der Waals surface area contributed by atoms with Crippen molar-refractivity contribution in [3.05, 3.63) is 66.7 Å². The summed E-state index contributed by atoms with van der Waals surface area (Å²) in [4.78, 5) is 22.3. The van der Waals surface area contributed by atoms with Gasteiger partial charge in [-0.05, 0) is 23.8 Å². The second kappa shape index (κ2) is 7.52. The Bertz CT molecular complexity index is 818. The van der Waals surface area contributed by atoms with Crippen molar-refractivity contribution in [1.82, 2.24) is 14.9 Å². The van der Waals surface area contributed by atoms with Crippen molar-refractivity contribution >= 4 is 22.5 Å². The summed E-state index contributed by atoms with van der Waals surface area (Å²) in [6.07, 6.45) is 6.84. The van der Waals surface area contributed by atoms with Gasteiger partial charge in [0.2, 0.25) is 0 Å². The van der Waals surface area contributed by atoms with Gasteiger partial charge in [0, 0.05) is 48.6 Å². The average Bonchev–Trinajstić information content (AvgIpc) is 2.62. The number of anilines is 1. The molecule has 3 aromatic rings. The number of nitrogens with zero attached hydrogens (tertiary/aromatic N) is 3. The van der Waals surface area contributed by atoms with Crippen LogP contribution in [0.25, 0.3) is 10.8 Å². The van der Waals surface area contributed by atoms with Crippen molar-refractivity contribution in [2.75, 3.05) is 18.5 Å². The average molecular weight is 322 g/mol. The molecule has 2 heterocycles. The lowest BCUT2D eigenvalue weighted by Crippen LogP contribution is -2.36. The molecule has 0 aliphatic heterocycles. The van der Waals surface area contributed by atoms with E-state index in [0.717, 1.165) is 16.3 Å². The van der Waals surface area contributed by atoms with Crippen molar-refractivity contribution in [3.8, 4) is 0 Å². The molecule has 6 heteroatoms. The number of benzene rings is 1. The van der Waals surface area contributed by atoms with Crippen LogP contribution in [0.5, 0.6) is 0 Å². The number of hydrogen-bond acceptors (Lipinski definition) is 4. The van der Waals surface area contributed by atoms with Gasteiger partial charge in [0.1, 0.15) is 0 Å². The molecule has 122 valence electrons. The van der Waals surface area contributed by atoms with Gasteiger partial charge in [-0.1, -0.05) is 18.2 Å². The Morgan fingerprint density at radius 2 is 1.96 bits per heavy atom. The van der Waals surface area contributed by atoms with E-state index < -0.39 is 0 Å². The maximum Gasteiger partial charge on any atom is 0.322 e. The molecule has 0 spiro atoms. The van der Waals surface area contributed by atoms with Crippen LogP contribution in [-0.4, -0.2) is 39.2 Å². The molecule has 24 heavy (non-hydrogen) atoms. The summed E-state index contributed by atoms with van der Waals surface area (Å²) in [5.74, 6) is 0. The first-order chi connectivity index (χ1) is 11.8. The maximum atomic E-state index is 12.6. The molecule has 0 atom stereocenters. The first-order valence-electron chi connectivity index (χ1n) is 7.66. The molecular formula is C18H18N4O2. The molecule has 0 radical (unpaired) electrons. The predicted octanol–water partition coefficient (Wildman–Crippen LogP) is 2.66. The number of rotatable bonds is 5. The van der Waals surface area contributed by atoms with E-state index in [9.17, 15) is 9.90 Å². The van der Waals surface area contributed by atoms with Crippen LogP contribution < -0.4 is 5.32 Å². The van der Waals surface area contributed by atoms with Crippen LogP contribution in [0.1, 0.15) is 5.56 Å². The lowest BCUT2D eigenvalue weighted by atomic mass is 10.1. The molecule has 0 aliphatic carbocycles. The van der Waals surface area contributed by atoms with E-state index in [1.54, 1.807) is 29.7 Å². The first-order valence-corrected chi connectivity index (χ1v) is 7.66. The van der Waals surface area contributed by atoms with E-state index in [2.05, 4.69) is 15.3 Å². The standard InChI is InChI=1S/C18H18N4O2/c23-10-9-22(13-14-3-2-7-19-11-14)18(24)21-17-5-1-4-15-12-20-8-6-16(15)17/h1-8,11-12,23H,9-10,13H2,(H,21,24). The number of hydrogen-bond donors (Lipinski definition) is 2. The first kappa shape index (κ1) is 15.9. The fraction of sp³-hybridized carbons (Fsp3) is 0.167. The van der Waals surface area contributed by atoms with Gasteiger partial charge in [0.15, 0.2) is 0 Å². The van der Waals surface area contributed by atoms with Crippen molar-refractivity contribution in [1.29, 1.82) is 0 Å². The Morgan fingerprint density at radius 1 is 1.08 bits per heavy atom. The minimum atomic E-state index is -0.266. The van der Waals surface area contributed by atoms with Gasteiger partial charge in [-0.25, -0.2) is 4.79 Å². The summed E-state index contributed by atoms with van der Waals surface area (Å²) in [5, 5.41) is 14.1. The van der Waals surface area contributed by atoms with E-state index in [1.807, 2.05) is 36.4 Å². The minimum Gasteiger partial charge on any atom is -0.395 e. The molecule has 0 saturated carbocycles. The molecule has 0 fully saturated rings. The number of pyridine rings is 2. The second-order valence-electron chi connectivity index (χ2n) is 5.34. The quantitative estimate of drug-likeness (QED) is 0.757. The number of carbonyl (C=O) groups is 1. The summed E-state index contributed by atoms with van der Waals surface area (Å²) < 4.78 is 0. The lowest BCUT2D eigenvalue weighted by molar-refractivity contribution is 0.185. The number of urea groups is 1. The number of nitrogens with one attached hydrogen (secondary N) is 1. The molecule has 0 aliphatic rings. The topological polar surface area (TPSA) is 78.4 Å². The summed E-state index contributed by atoms with van der Waals surface area (Å²) in [5.41, 5.74) is 1.62. The highest BCUT2D eigenvalue weighted by Gasteiger charge is 2.15. The monoisotopic (exact) mass is 322 g/mol. The Morgan fingerprint density at radius 3 is 2.75 bits per heavy atom. The molecule has 0 saturated heterocycles. The third-order valence-electron chi connectivity index (χ3n) is 3.68. The van der Waals surface area contributed by atoms with Gasteiger partial charge in [-0.15, -0.1) is 0 Å². The van der Waals surface area contributed by atoms with Crippen LogP contribution in [0.3, 0.4) is 0 Å². The zero-order valence-corrected chi connectivity index (χ0v) is 13.1. The number of aliphatic hydroxyl groups excluding tert-OH is 1. The van der Waals surface area contributed by atoms with Crippen LogP contribution in [0.4, 0.5) is 10.5 Å². The van der Waals surface area contributed by atoms with Crippen LogP contribution >= 0.6 is 0 Å². The zero-order valence-electron chi connectivity index (χ0n) is 13.1. The van der Waals surface area contributed by atoms with Crippen LogP contribution in [-0.2, 0) is 6.54 Å². The number of aromatic nitrogens is 2. The van der Waals surface area contributed by atoms with E-state index in [1.165, 1.54) is 0 Å². The Balaban J connectivity index is 1.80. The number of fused-ring (bicyclic) bond motifs is 1. The van der Waals surface area contributed by atoms with Crippen molar-refractivity contribution in [2.24, 2.45) is 0 Å². The number of amides is 2. The Hall–Kier alpha value is -2.99. The van der Waals surface area contributed by atoms with Gasteiger partial charge < -0.3 is 15.3 Å². The fourth-order valence-electron chi connectivity index (χ4n) is 2.51. The van der Waals surface area contributed by atoms with Gasteiger partial charge in [0.05, 0.1) is 12.3 Å². The largest absolute Gasteiger partial charge is 0.395 e. The van der Waals surface area contributed by atoms with Gasteiger partial charge in [-0.2, -0.15) is 0 Å². The molecular weight excluding hydrogens is 304 g/mol. The highest BCUT2D eigenvalue weighted by Crippen LogP contribution is 2.22. The number of aliphatic hydroxyl groups is 1. The molecule has 2 aromatic heterocycles. The van der Waals surface area contributed by atoms with E-state index >= 15 is 0 Å². The summed E-state index contributed by atoms with van der Waals surface area (Å²) in [7, 11) is 0. The Kier molecular flexibility index (Phi) is 4.98. The third kappa shape index (κ3) is 3.67. The second-order valence-corrected chi connectivity index (χ2v) is 5.34. The van der Waals surface area contributed by atoms with E-state index in [0.29, 0.717) is 12.2 Å². The summed E-state index contributed by atoms with van der Waals surface area (Å²) in [6, 6.07) is 11.0. The zero-order chi connectivity index (χ0) is 16.8. The van der Waals surface area contributed by atoms with Crippen molar-refractivity contribution < 1.29 is 9.90 Å². The summed E-state index contributed by atoms with van der Waals surface area (Å²) in [6.45, 7) is 0.521. The SMILES string of the molecule is O=C(Nc1cccc2cnccc12)N(CCO)Cc1cccnc1. The minimum absolute atomic E-state index is 0.104. The highest BCUT2D eigenvalue weighted by atomic mass is 16.3. The fourth-order valence-corrected chi connectivity index (χ4v) is 2.51. The predicted molar refractivity (Wildman–Crippen MR) is 92.5 cm³/mol. The summed E-state index contributed by atoms with van der Waals surface area (Å²) >= 11 is 0. The molecule has 2 amide bonds. The van der Waals surface area contributed by atoms with Crippen molar-refractivity contribution in [2.45, 2.75) is 6.54 Å². The molecule has 3 rings (SSSR count). The van der Waals surface area contributed by atoms with Crippen molar-refractivity contribution in [3.63, 3.8) is 0 Å². The molecule has 1 aromatic carbocycles. The van der Waals surface area contributed by atoms with Gasteiger partial charge in [0.25, 0.3) is 0 Å². The molecule has 2 N–H and O–H groups in total. The molecule has 0 bridgehead atoms. The normalized spacial score (nSPS) is 10.5. The number of carbonyl (C=O) groups excluding carboxylic acids is 1. The van der Waals surface area contributed by atoms with Crippen LogP contribution in [0.15, 0.2) is 61.2 Å². The van der Waals surface area contributed by atoms with Gasteiger partial charge >= 0.3 is 6.03 Å². The van der Waals surface area contributed by atoms with Gasteiger partial charge in [-0.3, -0.25) is 9.97 Å². The molecule has 0 unspecified atom stereocenters. The molecule has 6 nitrogen and oxygen atoms in total.